The van der Waals surface area contributed by atoms with E-state index in [9.17, 15) is 4.79 Å². The third kappa shape index (κ3) is 2.38. The van der Waals surface area contributed by atoms with Crippen molar-refractivity contribution in [2.45, 2.75) is 38.4 Å². The molecular formula is C16H18N4O4. The van der Waals surface area contributed by atoms with Gasteiger partial charge in [0.25, 0.3) is 5.91 Å². The summed E-state index contributed by atoms with van der Waals surface area (Å²) in [6.07, 6.45) is 1.67. The molecule has 1 fully saturated rings. The molecule has 2 aromatic rings. The molecule has 0 aromatic carbocycles. The lowest BCUT2D eigenvalue weighted by Crippen LogP contribution is -2.44. The van der Waals surface area contributed by atoms with E-state index in [4.69, 9.17) is 14.0 Å². The maximum atomic E-state index is 12.3. The Kier molecular flexibility index (Phi) is 3.23. The van der Waals surface area contributed by atoms with Crippen LogP contribution in [0.1, 0.15) is 48.3 Å². The first-order chi connectivity index (χ1) is 11.4. The lowest BCUT2D eigenvalue weighted by Gasteiger charge is -2.35. The number of amides is 1. The van der Waals surface area contributed by atoms with Gasteiger partial charge in [0.1, 0.15) is 5.60 Å². The maximum absolute atomic E-state index is 12.3. The molecule has 4 rings (SSSR count). The number of anilines is 1. The molecule has 1 N–H and O–H groups in total. The van der Waals surface area contributed by atoms with Crippen LogP contribution < -0.4 is 5.32 Å². The Morgan fingerprint density at radius 2 is 2.08 bits per heavy atom. The highest BCUT2D eigenvalue weighted by Gasteiger charge is 2.39. The van der Waals surface area contributed by atoms with Gasteiger partial charge in [-0.25, -0.2) is 9.97 Å². The Hall–Kier alpha value is -2.32. The molecule has 0 atom stereocenters. The van der Waals surface area contributed by atoms with E-state index in [1.165, 1.54) is 0 Å². The highest BCUT2D eigenvalue weighted by atomic mass is 16.5. The van der Waals surface area contributed by atoms with Crippen LogP contribution in [0, 0.1) is 0 Å². The summed E-state index contributed by atoms with van der Waals surface area (Å²) in [5.41, 5.74) is 1.75. The smallest absolute Gasteiger partial charge is 0.296 e. The average molecular weight is 330 g/mol. The highest BCUT2D eigenvalue weighted by Crippen LogP contribution is 2.34. The van der Waals surface area contributed by atoms with Gasteiger partial charge in [0.2, 0.25) is 11.7 Å². The van der Waals surface area contributed by atoms with E-state index in [1.807, 2.05) is 20.8 Å². The van der Waals surface area contributed by atoms with E-state index in [1.54, 1.807) is 12.3 Å². The number of nitrogens with one attached hydrogen (secondary N) is 1. The molecule has 0 saturated carbocycles. The number of carbonyl (C=O) groups excluding carboxylic acids is 1. The van der Waals surface area contributed by atoms with Crippen molar-refractivity contribution in [3.63, 3.8) is 0 Å². The summed E-state index contributed by atoms with van der Waals surface area (Å²) in [6.45, 7) is 7.50. The summed E-state index contributed by atoms with van der Waals surface area (Å²) in [5.74, 6) is -0.0968. The van der Waals surface area contributed by atoms with E-state index in [0.717, 1.165) is 11.3 Å². The van der Waals surface area contributed by atoms with Gasteiger partial charge in [-0.1, -0.05) is 5.16 Å². The average Bonchev–Trinajstić information content (AvgIpc) is 3.11. The molecule has 0 aliphatic carbocycles. The van der Waals surface area contributed by atoms with Gasteiger partial charge in [-0.15, -0.1) is 0 Å². The molecule has 2 aliphatic rings. The Morgan fingerprint density at radius 1 is 1.29 bits per heavy atom. The first-order valence-electron chi connectivity index (χ1n) is 7.74. The molecular weight excluding hydrogens is 312 g/mol. The molecule has 8 heteroatoms. The zero-order valence-corrected chi connectivity index (χ0v) is 13.8. The van der Waals surface area contributed by atoms with Crippen molar-refractivity contribution in [2.75, 3.05) is 18.5 Å². The second kappa shape index (κ2) is 5.09. The Bertz CT molecular complexity index is 810. The van der Waals surface area contributed by atoms with Crippen molar-refractivity contribution in [3.05, 3.63) is 35.0 Å². The number of fused-ring (bicyclic) bond motifs is 1. The standard InChI is InChI=1S/C16H18N4O4/c1-15(2)12-9(6-23-15)5-17-14(18-12)19-13(21)10-4-11(20-24-10)16(3)7-22-8-16/h4-5H,6-8H2,1-3H3,(H,17,18,19,21). The zero-order chi connectivity index (χ0) is 16.9. The molecule has 126 valence electrons. The van der Waals surface area contributed by atoms with Crippen LogP contribution in [-0.2, 0) is 27.1 Å². The Balaban J connectivity index is 1.53. The Labute approximate surface area is 138 Å². The van der Waals surface area contributed by atoms with Gasteiger partial charge in [0, 0.05) is 17.8 Å². The van der Waals surface area contributed by atoms with Gasteiger partial charge in [-0.05, 0) is 20.8 Å². The fourth-order valence-electron chi connectivity index (χ4n) is 2.81. The number of carbonyl (C=O) groups is 1. The summed E-state index contributed by atoms with van der Waals surface area (Å²) in [4.78, 5) is 20.9. The molecule has 0 unspecified atom stereocenters. The van der Waals surface area contributed by atoms with E-state index in [2.05, 4.69) is 20.4 Å². The topological polar surface area (TPSA) is 99.4 Å². The zero-order valence-electron chi connectivity index (χ0n) is 13.8. The van der Waals surface area contributed by atoms with E-state index >= 15 is 0 Å². The quantitative estimate of drug-likeness (QED) is 0.915. The SMILES string of the molecule is CC1(c2cc(C(=O)Nc3ncc4c(n3)C(C)(C)OC4)on2)COC1. The molecule has 2 aliphatic heterocycles. The van der Waals surface area contributed by atoms with Crippen LogP contribution in [0.2, 0.25) is 0 Å². The number of ether oxygens (including phenoxy) is 2. The van der Waals surface area contributed by atoms with Crippen LogP contribution in [0.25, 0.3) is 0 Å². The van der Waals surface area contributed by atoms with Crippen LogP contribution in [-0.4, -0.2) is 34.2 Å². The van der Waals surface area contributed by atoms with Gasteiger partial charge in [-0.2, -0.15) is 0 Å². The molecule has 1 amide bonds. The summed E-state index contributed by atoms with van der Waals surface area (Å²) in [6, 6.07) is 1.64. The van der Waals surface area contributed by atoms with Crippen LogP contribution >= 0.6 is 0 Å². The van der Waals surface area contributed by atoms with Crippen molar-refractivity contribution in [2.24, 2.45) is 0 Å². The number of nitrogens with zero attached hydrogens (tertiary/aromatic N) is 3. The molecule has 24 heavy (non-hydrogen) atoms. The summed E-state index contributed by atoms with van der Waals surface area (Å²) < 4.78 is 16.0. The van der Waals surface area contributed by atoms with Gasteiger partial charge in [-0.3, -0.25) is 10.1 Å². The van der Waals surface area contributed by atoms with E-state index in [-0.39, 0.29) is 17.1 Å². The second-order valence-electron chi connectivity index (χ2n) is 6.95. The second-order valence-corrected chi connectivity index (χ2v) is 6.95. The van der Waals surface area contributed by atoms with Crippen LogP contribution in [0.5, 0.6) is 0 Å². The van der Waals surface area contributed by atoms with Gasteiger partial charge >= 0.3 is 0 Å². The summed E-state index contributed by atoms with van der Waals surface area (Å²) in [7, 11) is 0. The Morgan fingerprint density at radius 3 is 2.79 bits per heavy atom. The summed E-state index contributed by atoms with van der Waals surface area (Å²) >= 11 is 0. The van der Waals surface area contributed by atoms with E-state index in [0.29, 0.717) is 25.5 Å². The lowest BCUT2D eigenvalue weighted by atomic mass is 9.85. The normalized spacial score (nSPS) is 20.3. The minimum absolute atomic E-state index is 0.123. The first-order valence-corrected chi connectivity index (χ1v) is 7.74. The highest BCUT2D eigenvalue weighted by molar-refractivity contribution is 6.01. The molecule has 1 saturated heterocycles. The molecule has 0 radical (unpaired) electrons. The molecule has 2 aromatic heterocycles. The van der Waals surface area contributed by atoms with Gasteiger partial charge in [0.15, 0.2) is 0 Å². The van der Waals surface area contributed by atoms with E-state index < -0.39 is 11.5 Å². The predicted octanol–water partition coefficient (Wildman–Crippen LogP) is 1.77. The maximum Gasteiger partial charge on any atom is 0.296 e. The predicted molar refractivity (Wildman–Crippen MR) is 82.5 cm³/mol. The minimum atomic E-state index is -0.490. The number of rotatable bonds is 3. The fraction of sp³-hybridized carbons (Fsp3) is 0.500. The third-order valence-corrected chi connectivity index (χ3v) is 4.44. The third-order valence-electron chi connectivity index (χ3n) is 4.44. The van der Waals surface area contributed by atoms with Crippen molar-refractivity contribution < 1.29 is 18.8 Å². The van der Waals surface area contributed by atoms with Crippen molar-refractivity contribution >= 4 is 11.9 Å². The largest absolute Gasteiger partial charge is 0.379 e. The molecule has 8 nitrogen and oxygen atoms in total. The van der Waals surface area contributed by atoms with Crippen molar-refractivity contribution in [3.8, 4) is 0 Å². The summed E-state index contributed by atoms with van der Waals surface area (Å²) in [5, 5.41) is 6.62. The molecule has 0 bridgehead atoms. The number of hydrogen-bond donors (Lipinski definition) is 1. The first kappa shape index (κ1) is 15.2. The van der Waals surface area contributed by atoms with Crippen molar-refractivity contribution in [1.82, 2.24) is 15.1 Å². The van der Waals surface area contributed by atoms with Crippen LogP contribution in [0.3, 0.4) is 0 Å². The molecule has 4 heterocycles. The van der Waals surface area contributed by atoms with Gasteiger partial charge in [0.05, 0.1) is 36.6 Å². The lowest BCUT2D eigenvalue weighted by molar-refractivity contribution is -0.0532. The fourth-order valence-corrected chi connectivity index (χ4v) is 2.81. The monoisotopic (exact) mass is 330 g/mol. The van der Waals surface area contributed by atoms with Crippen LogP contribution in [0.4, 0.5) is 5.95 Å². The molecule has 0 spiro atoms. The number of aromatic nitrogens is 3. The van der Waals surface area contributed by atoms with Crippen LogP contribution in [0.15, 0.2) is 16.8 Å². The minimum Gasteiger partial charge on any atom is -0.379 e. The number of hydrogen-bond acceptors (Lipinski definition) is 7. The van der Waals surface area contributed by atoms with Crippen molar-refractivity contribution in [1.29, 1.82) is 0 Å². The van der Waals surface area contributed by atoms with Gasteiger partial charge < -0.3 is 14.0 Å².